The molecule has 0 saturated heterocycles. The van der Waals surface area contributed by atoms with Crippen molar-refractivity contribution in [3.8, 4) is 11.4 Å². The number of anilines is 2. The maximum Gasteiger partial charge on any atom is 0.345 e. The molecule has 3 rings (SSSR count). The first-order valence-electron chi connectivity index (χ1n) is 7.81. The quantitative estimate of drug-likeness (QED) is 0.531. The molecular formula is C19H16ClN3O2. The van der Waals surface area contributed by atoms with E-state index in [0.717, 1.165) is 11.3 Å². The van der Waals surface area contributed by atoms with Crippen LogP contribution in [0.15, 0.2) is 60.7 Å². The predicted molar refractivity (Wildman–Crippen MR) is 98.2 cm³/mol. The number of aromatic nitrogens is 2. The molecule has 2 aromatic carbocycles. The number of benzene rings is 2. The van der Waals surface area contributed by atoms with Crippen LogP contribution in [0.5, 0.6) is 0 Å². The normalized spacial score (nSPS) is 10.3. The Kier molecular flexibility index (Phi) is 5.26. The molecule has 6 heteroatoms. The SMILES string of the molecule is CCOC(=O)c1c(Cl)nc(-c2ccccc2)nc1Nc1ccccc1. The molecule has 5 nitrogen and oxygen atoms in total. The zero-order valence-corrected chi connectivity index (χ0v) is 14.3. The number of rotatable bonds is 5. The summed E-state index contributed by atoms with van der Waals surface area (Å²) in [5, 5.41) is 3.17. The Morgan fingerprint density at radius 1 is 1.04 bits per heavy atom. The molecule has 0 fully saturated rings. The molecule has 0 aliphatic rings. The first-order chi connectivity index (χ1) is 12.2. The predicted octanol–water partition coefficient (Wildman–Crippen LogP) is 4.72. The van der Waals surface area contributed by atoms with E-state index in [9.17, 15) is 4.79 Å². The molecule has 1 heterocycles. The van der Waals surface area contributed by atoms with Crippen molar-refractivity contribution in [2.75, 3.05) is 11.9 Å². The lowest BCUT2D eigenvalue weighted by atomic mass is 10.2. The van der Waals surface area contributed by atoms with E-state index >= 15 is 0 Å². The summed E-state index contributed by atoms with van der Waals surface area (Å²) in [5.74, 6) is 0.172. The molecular weight excluding hydrogens is 338 g/mol. The van der Waals surface area contributed by atoms with Crippen LogP contribution in [-0.4, -0.2) is 22.5 Å². The lowest BCUT2D eigenvalue weighted by molar-refractivity contribution is 0.0527. The van der Waals surface area contributed by atoms with Crippen molar-refractivity contribution < 1.29 is 9.53 Å². The van der Waals surface area contributed by atoms with Crippen molar-refractivity contribution in [1.82, 2.24) is 9.97 Å². The zero-order chi connectivity index (χ0) is 17.6. The summed E-state index contributed by atoms with van der Waals surface area (Å²) in [4.78, 5) is 21.1. The van der Waals surface area contributed by atoms with Gasteiger partial charge in [0, 0.05) is 11.3 Å². The number of esters is 1. The smallest absolute Gasteiger partial charge is 0.345 e. The Bertz CT molecular complexity index is 871. The molecule has 0 aliphatic heterocycles. The number of para-hydroxylation sites is 1. The summed E-state index contributed by atoms with van der Waals surface area (Å²) in [6, 6.07) is 18.8. The second-order valence-corrected chi connectivity index (χ2v) is 5.50. The van der Waals surface area contributed by atoms with Gasteiger partial charge in [0.1, 0.15) is 10.7 Å². The maximum absolute atomic E-state index is 12.3. The number of halogens is 1. The van der Waals surface area contributed by atoms with Crippen LogP contribution in [0, 0.1) is 0 Å². The second kappa shape index (κ2) is 7.77. The summed E-state index contributed by atoms with van der Waals surface area (Å²) < 4.78 is 5.09. The lowest BCUT2D eigenvalue weighted by Gasteiger charge is -2.13. The molecule has 0 saturated carbocycles. The van der Waals surface area contributed by atoms with E-state index in [2.05, 4.69) is 15.3 Å². The highest BCUT2D eigenvalue weighted by Crippen LogP contribution is 2.28. The molecule has 0 bridgehead atoms. The molecule has 0 radical (unpaired) electrons. The molecule has 1 N–H and O–H groups in total. The van der Waals surface area contributed by atoms with Gasteiger partial charge in [0.2, 0.25) is 0 Å². The first-order valence-corrected chi connectivity index (χ1v) is 8.19. The van der Waals surface area contributed by atoms with Gasteiger partial charge in [0.05, 0.1) is 6.61 Å². The van der Waals surface area contributed by atoms with Crippen molar-refractivity contribution >= 4 is 29.1 Å². The van der Waals surface area contributed by atoms with Crippen LogP contribution in [0.4, 0.5) is 11.5 Å². The van der Waals surface area contributed by atoms with Crippen LogP contribution >= 0.6 is 11.6 Å². The Morgan fingerprint density at radius 2 is 1.68 bits per heavy atom. The van der Waals surface area contributed by atoms with Gasteiger partial charge >= 0.3 is 5.97 Å². The number of hydrogen-bond donors (Lipinski definition) is 1. The van der Waals surface area contributed by atoms with E-state index < -0.39 is 5.97 Å². The van der Waals surface area contributed by atoms with Crippen LogP contribution in [0.3, 0.4) is 0 Å². The molecule has 0 amide bonds. The fraction of sp³-hybridized carbons (Fsp3) is 0.105. The van der Waals surface area contributed by atoms with Crippen LogP contribution in [-0.2, 0) is 4.74 Å². The molecule has 25 heavy (non-hydrogen) atoms. The summed E-state index contributed by atoms with van der Waals surface area (Å²) in [6.45, 7) is 1.97. The van der Waals surface area contributed by atoms with Gasteiger partial charge in [-0.2, -0.15) is 0 Å². The largest absolute Gasteiger partial charge is 0.462 e. The van der Waals surface area contributed by atoms with Gasteiger partial charge in [-0.25, -0.2) is 14.8 Å². The number of carbonyl (C=O) groups is 1. The van der Waals surface area contributed by atoms with E-state index in [1.54, 1.807) is 6.92 Å². The van der Waals surface area contributed by atoms with Gasteiger partial charge in [0.25, 0.3) is 0 Å². The number of carbonyl (C=O) groups excluding carboxylic acids is 1. The molecule has 1 aromatic heterocycles. The third-order valence-electron chi connectivity index (χ3n) is 3.41. The number of nitrogens with zero attached hydrogens (tertiary/aromatic N) is 2. The molecule has 0 spiro atoms. The third-order valence-corrected chi connectivity index (χ3v) is 3.69. The highest BCUT2D eigenvalue weighted by atomic mass is 35.5. The fourth-order valence-electron chi connectivity index (χ4n) is 2.28. The summed E-state index contributed by atoms with van der Waals surface area (Å²) in [7, 11) is 0. The van der Waals surface area contributed by atoms with Gasteiger partial charge in [-0.1, -0.05) is 60.1 Å². The van der Waals surface area contributed by atoms with Crippen LogP contribution in [0.2, 0.25) is 5.15 Å². The fourth-order valence-corrected chi connectivity index (χ4v) is 2.53. The molecule has 3 aromatic rings. The minimum absolute atomic E-state index is 0.0470. The summed E-state index contributed by atoms with van der Waals surface area (Å²) >= 11 is 6.29. The highest BCUT2D eigenvalue weighted by Gasteiger charge is 2.22. The third kappa shape index (κ3) is 3.95. The molecule has 0 unspecified atom stereocenters. The number of nitrogens with one attached hydrogen (secondary N) is 1. The van der Waals surface area contributed by atoms with Crippen LogP contribution in [0.25, 0.3) is 11.4 Å². The van der Waals surface area contributed by atoms with Gasteiger partial charge in [-0.05, 0) is 19.1 Å². The summed E-state index contributed by atoms with van der Waals surface area (Å²) in [6.07, 6.45) is 0. The van der Waals surface area contributed by atoms with Crippen molar-refractivity contribution in [2.45, 2.75) is 6.92 Å². The van der Waals surface area contributed by atoms with Crippen molar-refractivity contribution in [3.63, 3.8) is 0 Å². The monoisotopic (exact) mass is 353 g/mol. The minimum atomic E-state index is -0.564. The standard InChI is InChI=1S/C19H16ClN3O2/c1-2-25-19(24)15-16(20)22-17(13-9-5-3-6-10-13)23-18(15)21-14-11-7-4-8-12-14/h3-12H,2H2,1H3,(H,21,22,23). The van der Waals surface area contributed by atoms with Gasteiger partial charge < -0.3 is 10.1 Å². The highest BCUT2D eigenvalue weighted by molar-refractivity contribution is 6.33. The molecule has 126 valence electrons. The Labute approximate surface area is 150 Å². The number of hydrogen-bond acceptors (Lipinski definition) is 5. The lowest BCUT2D eigenvalue weighted by Crippen LogP contribution is -2.12. The second-order valence-electron chi connectivity index (χ2n) is 5.14. The average molecular weight is 354 g/mol. The van der Waals surface area contributed by atoms with Gasteiger partial charge in [-0.15, -0.1) is 0 Å². The average Bonchev–Trinajstić information content (AvgIpc) is 2.63. The van der Waals surface area contributed by atoms with Crippen molar-refractivity contribution in [1.29, 1.82) is 0 Å². The van der Waals surface area contributed by atoms with Crippen LogP contribution in [0.1, 0.15) is 17.3 Å². The summed E-state index contributed by atoms with van der Waals surface area (Å²) in [5.41, 5.74) is 1.70. The van der Waals surface area contributed by atoms with Crippen LogP contribution < -0.4 is 5.32 Å². The van der Waals surface area contributed by atoms with E-state index in [1.807, 2.05) is 60.7 Å². The van der Waals surface area contributed by atoms with E-state index in [4.69, 9.17) is 16.3 Å². The van der Waals surface area contributed by atoms with Crippen molar-refractivity contribution in [3.05, 3.63) is 71.4 Å². The van der Waals surface area contributed by atoms with E-state index in [-0.39, 0.29) is 17.3 Å². The topological polar surface area (TPSA) is 64.1 Å². The first kappa shape index (κ1) is 16.9. The Hall–Kier alpha value is -2.92. The maximum atomic E-state index is 12.3. The van der Waals surface area contributed by atoms with Gasteiger partial charge in [0.15, 0.2) is 11.6 Å². The minimum Gasteiger partial charge on any atom is -0.462 e. The molecule has 0 aliphatic carbocycles. The van der Waals surface area contributed by atoms with Crippen molar-refractivity contribution in [2.24, 2.45) is 0 Å². The molecule has 0 atom stereocenters. The number of ether oxygens (including phenoxy) is 1. The Balaban J connectivity index is 2.10. The van der Waals surface area contributed by atoms with E-state index in [0.29, 0.717) is 11.6 Å². The Morgan fingerprint density at radius 3 is 2.32 bits per heavy atom. The zero-order valence-electron chi connectivity index (χ0n) is 13.6. The van der Waals surface area contributed by atoms with Gasteiger partial charge in [-0.3, -0.25) is 0 Å². The van der Waals surface area contributed by atoms with E-state index in [1.165, 1.54) is 0 Å².